The first kappa shape index (κ1) is 15.9. The van der Waals surface area contributed by atoms with E-state index < -0.39 is 0 Å². The third kappa shape index (κ3) is 4.27. The molecule has 0 spiro atoms. The number of carbonyl (C=O) groups is 1. The van der Waals surface area contributed by atoms with Gasteiger partial charge in [0.15, 0.2) is 5.13 Å². The minimum Gasteiger partial charge on any atom is -0.473 e. The summed E-state index contributed by atoms with van der Waals surface area (Å²) >= 11 is 1.52. The highest BCUT2D eigenvalue weighted by Gasteiger charge is 2.31. The molecule has 0 radical (unpaired) electrons. The second kappa shape index (κ2) is 7.06. The number of pyridine rings is 1. The molecule has 122 valence electrons. The Bertz CT molecular complexity index is 661. The lowest BCUT2D eigenvalue weighted by molar-refractivity contribution is -0.114. The number of hydrogen-bond donors (Lipinski definition) is 1. The van der Waals surface area contributed by atoms with Crippen molar-refractivity contribution in [2.45, 2.75) is 39.0 Å². The lowest BCUT2D eigenvalue weighted by Crippen LogP contribution is -2.27. The third-order valence-electron chi connectivity index (χ3n) is 3.79. The highest BCUT2D eigenvalue weighted by atomic mass is 32.1. The van der Waals surface area contributed by atoms with Gasteiger partial charge in [-0.15, -0.1) is 11.3 Å². The summed E-state index contributed by atoms with van der Waals surface area (Å²) < 4.78 is 5.95. The van der Waals surface area contributed by atoms with Crippen LogP contribution in [-0.4, -0.2) is 39.5 Å². The number of nitrogens with zero attached hydrogens (tertiary/aromatic N) is 3. The Balaban J connectivity index is 1.56. The Morgan fingerprint density at radius 3 is 3.09 bits per heavy atom. The maximum absolute atomic E-state index is 11.1. The van der Waals surface area contributed by atoms with Gasteiger partial charge in [-0.05, 0) is 13.0 Å². The number of amides is 1. The summed E-state index contributed by atoms with van der Waals surface area (Å²) in [6.45, 7) is 5.38. The standard InChI is InChI=1S/C16H20N4O2S/c1-11-7-13(22-15-5-3-4-6-17-15)9-20(11)10-14-8-18-16(23-14)19-12(2)21/h3-6,8,11,13H,7,9-10H2,1-2H3,(H,18,19,21)/t11-,13+/m0/s1. The SMILES string of the molecule is CC(=O)Nc1ncc(CN2C[C@H](Oc3ccccn3)C[C@@H]2C)s1. The van der Waals surface area contributed by atoms with Gasteiger partial charge in [0.25, 0.3) is 0 Å². The molecule has 2 aromatic rings. The van der Waals surface area contributed by atoms with Crippen molar-refractivity contribution in [1.82, 2.24) is 14.9 Å². The van der Waals surface area contributed by atoms with E-state index in [1.165, 1.54) is 18.3 Å². The molecule has 0 unspecified atom stereocenters. The third-order valence-corrected chi connectivity index (χ3v) is 4.68. The average molecular weight is 332 g/mol. The van der Waals surface area contributed by atoms with Crippen LogP contribution in [0.3, 0.4) is 0 Å². The number of nitrogens with one attached hydrogen (secondary N) is 1. The van der Waals surface area contributed by atoms with Crippen molar-refractivity contribution in [3.05, 3.63) is 35.5 Å². The van der Waals surface area contributed by atoms with Crippen LogP contribution >= 0.6 is 11.3 Å². The van der Waals surface area contributed by atoms with E-state index in [-0.39, 0.29) is 12.0 Å². The van der Waals surface area contributed by atoms with Crippen molar-refractivity contribution in [2.75, 3.05) is 11.9 Å². The van der Waals surface area contributed by atoms with Gasteiger partial charge in [0.05, 0.1) is 0 Å². The monoisotopic (exact) mass is 332 g/mol. The Labute approximate surface area is 139 Å². The fourth-order valence-electron chi connectivity index (χ4n) is 2.73. The van der Waals surface area contributed by atoms with E-state index in [1.54, 1.807) is 6.20 Å². The van der Waals surface area contributed by atoms with Crippen molar-refractivity contribution < 1.29 is 9.53 Å². The molecule has 1 N–H and O–H groups in total. The van der Waals surface area contributed by atoms with E-state index in [4.69, 9.17) is 4.74 Å². The molecule has 0 bridgehead atoms. The zero-order valence-electron chi connectivity index (χ0n) is 13.2. The summed E-state index contributed by atoms with van der Waals surface area (Å²) in [5.74, 6) is 0.585. The van der Waals surface area contributed by atoms with Crippen molar-refractivity contribution in [2.24, 2.45) is 0 Å². The van der Waals surface area contributed by atoms with Gasteiger partial charge in [0.1, 0.15) is 6.10 Å². The Kier molecular flexibility index (Phi) is 4.88. The van der Waals surface area contributed by atoms with Crippen molar-refractivity contribution >= 4 is 22.4 Å². The van der Waals surface area contributed by atoms with E-state index in [1.807, 2.05) is 24.4 Å². The molecule has 0 aromatic carbocycles. The molecule has 0 saturated carbocycles. The summed E-state index contributed by atoms with van der Waals surface area (Å²) in [7, 11) is 0. The first-order valence-corrected chi connectivity index (χ1v) is 8.46. The summed E-state index contributed by atoms with van der Waals surface area (Å²) in [6, 6.07) is 6.14. The first-order valence-electron chi connectivity index (χ1n) is 7.64. The van der Waals surface area contributed by atoms with Gasteiger partial charge in [-0.1, -0.05) is 6.07 Å². The van der Waals surface area contributed by atoms with Gasteiger partial charge in [0, 0.05) is 55.8 Å². The summed E-state index contributed by atoms with van der Waals surface area (Å²) in [6.07, 6.45) is 4.71. The maximum atomic E-state index is 11.1. The highest BCUT2D eigenvalue weighted by Crippen LogP contribution is 2.26. The van der Waals surface area contributed by atoms with Crippen LogP contribution < -0.4 is 10.1 Å². The minimum absolute atomic E-state index is 0.0933. The molecule has 2 atom stereocenters. The van der Waals surface area contributed by atoms with Crippen molar-refractivity contribution in [3.63, 3.8) is 0 Å². The Morgan fingerprint density at radius 1 is 1.48 bits per heavy atom. The normalized spacial score (nSPS) is 21.3. The molecule has 3 heterocycles. The predicted octanol–water partition coefficient (Wildman–Crippen LogP) is 2.54. The van der Waals surface area contributed by atoms with Crippen LogP contribution in [0.1, 0.15) is 25.1 Å². The molecule has 0 aliphatic carbocycles. The molecule has 1 fully saturated rings. The van der Waals surface area contributed by atoms with Crippen LogP contribution in [0.25, 0.3) is 0 Å². The number of thiazole rings is 1. The van der Waals surface area contributed by atoms with E-state index in [0.29, 0.717) is 17.1 Å². The van der Waals surface area contributed by atoms with E-state index >= 15 is 0 Å². The van der Waals surface area contributed by atoms with Gasteiger partial charge in [-0.3, -0.25) is 9.69 Å². The molecule has 6 nitrogen and oxygen atoms in total. The number of hydrogen-bond acceptors (Lipinski definition) is 6. The van der Waals surface area contributed by atoms with Crippen LogP contribution in [0.2, 0.25) is 0 Å². The van der Waals surface area contributed by atoms with Crippen LogP contribution in [0.15, 0.2) is 30.6 Å². The van der Waals surface area contributed by atoms with Gasteiger partial charge >= 0.3 is 0 Å². The van der Waals surface area contributed by atoms with Crippen LogP contribution in [-0.2, 0) is 11.3 Å². The average Bonchev–Trinajstić information content (AvgIpc) is 3.07. The molecular formula is C16H20N4O2S. The molecule has 2 aromatic heterocycles. The maximum Gasteiger partial charge on any atom is 0.223 e. The van der Waals surface area contributed by atoms with Gasteiger partial charge in [0.2, 0.25) is 11.8 Å². The fraction of sp³-hybridized carbons (Fsp3) is 0.438. The molecule has 3 rings (SSSR count). The lowest BCUT2D eigenvalue weighted by Gasteiger charge is -2.19. The van der Waals surface area contributed by atoms with E-state index in [2.05, 4.69) is 27.1 Å². The smallest absolute Gasteiger partial charge is 0.223 e. The second-order valence-electron chi connectivity index (χ2n) is 5.73. The fourth-order valence-corrected chi connectivity index (χ4v) is 3.61. The minimum atomic E-state index is -0.0933. The zero-order valence-corrected chi connectivity index (χ0v) is 14.0. The Morgan fingerprint density at radius 2 is 2.35 bits per heavy atom. The quantitative estimate of drug-likeness (QED) is 0.911. The van der Waals surface area contributed by atoms with E-state index in [0.717, 1.165) is 24.4 Å². The van der Waals surface area contributed by atoms with Gasteiger partial charge in [-0.2, -0.15) is 0 Å². The van der Waals surface area contributed by atoms with Crippen molar-refractivity contribution in [1.29, 1.82) is 0 Å². The predicted molar refractivity (Wildman–Crippen MR) is 89.6 cm³/mol. The highest BCUT2D eigenvalue weighted by molar-refractivity contribution is 7.15. The lowest BCUT2D eigenvalue weighted by atomic mass is 10.2. The first-order chi connectivity index (χ1) is 11.1. The summed E-state index contributed by atoms with van der Waals surface area (Å²) in [4.78, 5) is 23.0. The molecular weight excluding hydrogens is 312 g/mol. The Hall–Kier alpha value is -1.99. The molecule has 7 heteroatoms. The van der Waals surface area contributed by atoms with Crippen LogP contribution in [0.5, 0.6) is 5.88 Å². The number of aromatic nitrogens is 2. The van der Waals surface area contributed by atoms with E-state index in [9.17, 15) is 4.79 Å². The van der Waals surface area contributed by atoms with Crippen LogP contribution in [0, 0.1) is 0 Å². The topological polar surface area (TPSA) is 67.4 Å². The molecule has 23 heavy (non-hydrogen) atoms. The summed E-state index contributed by atoms with van der Waals surface area (Å²) in [5.41, 5.74) is 0. The molecule has 1 amide bonds. The number of likely N-dealkylation sites (tertiary alicyclic amines) is 1. The van der Waals surface area contributed by atoms with Gasteiger partial charge < -0.3 is 10.1 Å². The molecule has 1 aliphatic rings. The number of ether oxygens (including phenoxy) is 1. The second-order valence-corrected chi connectivity index (χ2v) is 6.85. The largest absolute Gasteiger partial charge is 0.473 e. The molecule has 1 saturated heterocycles. The zero-order chi connectivity index (χ0) is 16.2. The molecule has 1 aliphatic heterocycles. The summed E-state index contributed by atoms with van der Waals surface area (Å²) in [5, 5.41) is 3.37. The van der Waals surface area contributed by atoms with Gasteiger partial charge in [-0.25, -0.2) is 9.97 Å². The number of rotatable bonds is 5. The van der Waals surface area contributed by atoms with Crippen molar-refractivity contribution in [3.8, 4) is 5.88 Å². The van der Waals surface area contributed by atoms with Crippen LogP contribution in [0.4, 0.5) is 5.13 Å². The number of carbonyl (C=O) groups excluding carboxylic acids is 1. The number of anilines is 1.